The van der Waals surface area contributed by atoms with Crippen molar-refractivity contribution in [2.75, 3.05) is 0 Å². The van der Waals surface area contributed by atoms with Crippen LogP contribution in [0.25, 0.3) is 0 Å². The van der Waals surface area contributed by atoms with E-state index in [0.29, 0.717) is 0 Å². The second kappa shape index (κ2) is 8.51. The van der Waals surface area contributed by atoms with Crippen LogP contribution in [-0.4, -0.2) is 34.1 Å². The smallest absolute Gasteiger partial charge is 1.00 e. The second-order valence-electron chi connectivity index (χ2n) is 3.21. The van der Waals surface area contributed by atoms with Gasteiger partial charge in [-0.1, -0.05) is 6.92 Å². The number of hydroxylamine groups is 1. The minimum Gasteiger partial charge on any atom is -1.00 e. The number of rotatable bonds is 5. The molecule has 0 rings (SSSR count). The fourth-order valence-electron chi connectivity index (χ4n) is 0.834. The largest absolute Gasteiger partial charge is 1.00 e. The zero-order chi connectivity index (χ0) is 12.0. The first kappa shape index (κ1) is 17.8. The van der Waals surface area contributed by atoms with Crippen LogP contribution in [0, 0.1) is 5.92 Å². The fraction of sp³-hybridized carbons (Fsp3) is 0.625. The molecule has 0 bridgehead atoms. The zero-order valence-electron chi connectivity index (χ0n) is 10.5. The van der Waals surface area contributed by atoms with Gasteiger partial charge in [0.1, 0.15) is 6.04 Å². The Morgan fingerprint density at radius 3 is 2.19 bits per heavy atom. The van der Waals surface area contributed by atoms with Crippen LogP contribution in [0.1, 0.15) is 21.7 Å². The number of hydrogen-bond donors (Lipinski definition) is 4. The van der Waals surface area contributed by atoms with E-state index in [1.807, 2.05) is 0 Å². The summed E-state index contributed by atoms with van der Waals surface area (Å²) >= 11 is 0. The number of carbonyl (C=O) groups excluding carboxylic acids is 2. The van der Waals surface area contributed by atoms with Gasteiger partial charge in [-0.15, -0.1) is 0 Å². The van der Waals surface area contributed by atoms with Gasteiger partial charge in [-0.3, -0.25) is 19.6 Å². The molecule has 0 aliphatic carbocycles. The zero-order valence-corrected chi connectivity index (χ0v) is 11.5. The minimum absolute atomic E-state index is 0. The van der Waals surface area contributed by atoms with Crippen molar-refractivity contribution in [3.05, 3.63) is 0 Å². The standard InChI is InChI=1S/C8H14N2O5.Na.H/c1-4(3-6(11)10-15)7(12)9-5(2)8(13)14;;/h4-5,15H,3H2,1-2H3,(H,9,12)(H,10,11)(H,13,14);;/q;+1;-1/t4?,5-;;/m0../s1. The van der Waals surface area contributed by atoms with Crippen molar-refractivity contribution in [2.24, 2.45) is 5.92 Å². The Hall–Kier alpha value is -0.630. The summed E-state index contributed by atoms with van der Waals surface area (Å²) < 4.78 is 0. The maximum Gasteiger partial charge on any atom is 1.00 e. The van der Waals surface area contributed by atoms with Gasteiger partial charge in [-0.25, -0.2) is 5.48 Å². The molecule has 0 fully saturated rings. The van der Waals surface area contributed by atoms with Gasteiger partial charge in [0.05, 0.1) is 0 Å². The molecular formula is C8H15N2NaO5. The quantitative estimate of drug-likeness (QED) is 0.224. The average Bonchev–Trinajstić information content (AvgIpc) is 2.16. The van der Waals surface area contributed by atoms with E-state index in [-0.39, 0.29) is 37.4 Å². The van der Waals surface area contributed by atoms with E-state index in [1.54, 1.807) is 0 Å². The predicted octanol–water partition coefficient (Wildman–Crippen LogP) is -3.78. The minimum atomic E-state index is -1.15. The summed E-state index contributed by atoms with van der Waals surface area (Å²) in [7, 11) is 0. The van der Waals surface area contributed by atoms with Gasteiger partial charge in [0.25, 0.3) is 0 Å². The SMILES string of the molecule is CC(CC(=O)NO)C(=O)N[C@@H](C)C(=O)O.[H-].[Na+]. The fourth-order valence-corrected chi connectivity index (χ4v) is 0.834. The van der Waals surface area contributed by atoms with Gasteiger partial charge in [0.2, 0.25) is 11.8 Å². The van der Waals surface area contributed by atoms with Crippen molar-refractivity contribution < 1.29 is 55.7 Å². The van der Waals surface area contributed by atoms with Crippen LogP contribution in [0.5, 0.6) is 0 Å². The van der Waals surface area contributed by atoms with Gasteiger partial charge in [0.15, 0.2) is 0 Å². The molecular weight excluding hydrogens is 227 g/mol. The second-order valence-corrected chi connectivity index (χ2v) is 3.21. The molecule has 0 aliphatic rings. The van der Waals surface area contributed by atoms with Crippen LogP contribution in [0.2, 0.25) is 0 Å². The summed E-state index contributed by atoms with van der Waals surface area (Å²) in [6, 6.07) is -1.00. The van der Waals surface area contributed by atoms with Gasteiger partial charge in [-0.2, -0.15) is 0 Å². The Kier molecular flexibility index (Phi) is 9.45. The van der Waals surface area contributed by atoms with E-state index in [2.05, 4.69) is 5.32 Å². The third kappa shape index (κ3) is 6.78. The van der Waals surface area contributed by atoms with Crippen molar-refractivity contribution >= 4 is 17.8 Å². The van der Waals surface area contributed by atoms with E-state index in [4.69, 9.17) is 10.3 Å². The van der Waals surface area contributed by atoms with Crippen molar-refractivity contribution in [2.45, 2.75) is 26.3 Å². The number of aliphatic carboxylic acids is 1. The topological polar surface area (TPSA) is 116 Å². The molecule has 4 N–H and O–H groups in total. The van der Waals surface area contributed by atoms with Crippen molar-refractivity contribution in [1.82, 2.24) is 10.8 Å². The monoisotopic (exact) mass is 242 g/mol. The molecule has 7 nitrogen and oxygen atoms in total. The summed E-state index contributed by atoms with van der Waals surface area (Å²) in [5, 5.41) is 18.9. The number of amides is 2. The molecule has 1 unspecified atom stereocenters. The molecule has 0 saturated carbocycles. The molecule has 0 spiro atoms. The number of carboxylic acids is 1. The van der Waals surface area contributed by atoms with Crippen LogP contribution >= 0.6 is 0 Å². The Morgan fingerprint density at radius 1 is 1.31 bits per heavy atom. The molecule has 0 radical (unpaired) electrons. The molecule has 0 aromatic rings. The van der Waals surface area contributed by atoms with Crippen LogP contribution in [0.3, 0.4) is 0 Å². The summed E-state index contributed by atoms with van der Waals surface area (Å²) in [6.07, 6.45) is -0.200. The van der Waals surface area contributed by atoms with Crippen molar-refractivity contribution in [3.8, 4) is 0 Å². The van der Waals surface area contributed by atoms with Gasteiger partial charge < -0.3 is 11.8 Å². The predicted molar refractivity (Wildman–Crippen MR) is 50.1 cm³/mol. The molecule has 0 saturated heterocycles. The van der Waals surface area contributed by atoms with Gasteiger partial charge in [0, 0.05) is 12.3 Å². The number of carboxylic acid groups (broad SMARTS) is 1. The third-order valence-electron chi connectivity index (χ3n) is 1.79. The van der Waals surface area contributed by atoms with Gasteiger partial charge in [-0.05, 0) is 6.92 Å². The van der Waals surface area contributed by atoms with Crippen molar-refractivity contribution in [3.63, 3.8) is 0 Å². The molecule has 2 atom stereocenters. The summed E-state index contributed by atoms with van der Waals surface area (Å²) in [5.41, 5.74) is 1.39. The number of carbonyl (C=O) groups is 3. The van der Waals surface area contributed by atoms with Crippen LogP contribution in [0.4, 0.5) is 0 Å². The average molecular weight is 242 g/mol. The van der Waals surface area contributed by atoms with Crippen molar-refractivity contribution in [1.29, 1.82) is 0 Å². The van der Waals surface area contributed by atoms with Gasteiger partial charge >= 0.3 is 35.5 Å². The van der Waals surface area contributed by atoms with E-state index < -0.39 is 29.7 Å². The van der Waals surface area contributed by atoms with Crippen LogP contribution < -0.4 is 40.4 Å². The first-order valence-corrected chi connectivity index (χ1v) is 4.34. The molecule has 8 heteroatoms. The van der Waals surface area contributed by atoms with E-state index in [0.717, 1.165) is 0 Å². The normalized spacial score (nSPS) is 12.9. The molecule has 2 amide bonds. The molecule has 0 aromatic heterocycles. The Balaban J connectivity index is -0.000000980. The molecule has 88 valence electrons. The molecule has 0 aliphatic heterocycles. The Bertz CT molecular complexity index is 277. The van der Waals surface area contributed by atoms with E-state index in [1.165, 1.54) is 19.3 Å². The third-order valence-corrected chi connectivity index (χ3v) is 1.79. The first-order chi connectivity index (χ1) is 6.88. The van der Waals surface area contributed by atoms with Crippen LogP contribution in [-0.2, 0) is 14.4 Å². The maximum atomic E-state index is 11.3. The first-order valence-electron chi connectivity index (χ1n) is 4.34. The van der Waals surface area contributed by atoms with Crippen LogP contribution in [0.15, 0.2) is 0 Å². The summed E-state index contributed by atoms with van der Waals surface area (Å²) in [6.45, 7) is 2.78. The number of hydrogen-bond acceptors (Lipinski definition) is 4. The summed E-state index contributed by atoms with van der Waals surface area (Å²) in [5.74, 6) is -3.09. The Labute approximate surface area is 116 Å². The molecule has 0 heterocycles. The molecule has 16 heavy (non-hydrogen) atoms. The number of nitrogens with one attached hydrogen (secondary N) is 2. The van der Waals surface area contributed by atoms with E-state index in [9.17, 15) is 14.4 Å². The summed E-state index contributed by atoms with van der Waals surface area (Å²) in [4.78, 5) is 32.4. The maximum absolute atomic E-state index is 11.3. The van der Waals surface area contributed by atoms with E-state index >= 15 is 0 Å². The molecule has 0 aromatic carbocycles. The Morgan fingerprint density at radius 2 is 1.81 bits per heavy atom.